The van der Waals surface area contributed by atoms with Gasteiger partial charge in [-0.25, -0.2) is 9.37 Å². The van der Waals surface area contributed by atoms with E-state index < -0.39 is 0 Å². The molecule has 0 bridgehead atoms. The lowest BCUT2D eigenvalue weighted by Crippen LogP contribution is -2.11. The van der Waals surface area contributed by atoms with E-state index in [9.17, 15) is 4.39 Å². The zero-order chi connectivity index (χ0) is 12.3. The lowest BCUT2D eigenvalue weighted by Gasteiger charge is -2.03. The quantitative estimate of drug-likeness (QED) is 0.497. The third-order valence-corrected chi connectivity index (χ3v) is 3.03. The van der Waals surface area contributed by atoms with Gasteiger partial charge in [-0.2, -0.15) is 0 Å². The van der Waals surface area contributed by atoms with Crippen molar-refractivity contribution in [2.45, 2.75) is 11.0 Å². The number of benzene rings is 1. The molecule has 0 aliphatic carbocycles. The molecule has 0 amide bonds. The number of amidine groups is 1. The number of hydrogen-bond acceptors (Lipinski definition) is 4. The highest BCUT2D eigenvalue weighted by atomic mass is 32.2. The molecule has 17 heavy (non-hydrogen) atoms. The molecule has 2 aromatic rings. The number of nitrogens with zero attached hydrogens (tertiary/aromatic N) is 1. The molecule has 0 atom stereocenters. The molecule has 3 N–H and O–H groups in total. The molecule has 1 heterocycles. The second-order valence-corrected chi connectivity index (χ2v) is 4.23. The van der Waals surface area contributed by atoms with Crippen molar-refractivity contribution in [3.05, 3.63) is 47.6 Å². The van der Waals surface area contributed by atoms with Crippen LogP contribution >= 0.6 is 11.8 Å². The van der Waals surface area contributed by atoms with Crippen molar-refractivity contribution < 1.29 is 8.81 Å². The molecule has 0 aliphatic heterocycles. The molecule has 0 aliphatic rings. The largest absolute Gasteiger partial charge is 0.440 e. The molecular weight excluding hydrogens is 241 g/mol. The minimum absolute atomic E-state index is 0.143. The summed E-state index contributed by atoms with van der Waals surface area (Å²) >= 11 is 1.31. The molecule has 0 saturated carbocycles. The van der Waals surface area contributed by atoms with Gasteiger partial charge in [-0.3, -0.25) is 5.41 Å². The normalized spacial score (nSPS) is 10.4. The van der Waals surface area contributed by atoms with E-state index in [4.69, 9.17) is 15.6 Å². The van der Waals surface area contributed by atoms with E-state index in [1.165, 1.54) is 30.3 Å². The highest BCUT2D eigenvalue weighted by Gasteiger charge is 2.07. The van der Waals surface area contributed by atoms with Crippen molar-refractivity contribution in [3.8, 4) is 0 Å². The van der Waals surface area contributed by atoms with Crippen LogP contribution in [0.1, 0.15) is 11.1 Å². The Labute approximate surface area is 102 Å². The Balaban J connectivity index is 2.09. The van der Waals surface area contributed by atoms with Gasteiger partial charge in [0.2, 0.25) is 0 Å². The SMILES string of the molecule is N=C(N)c1ccc(CSc2ncco2)c(F)c1. The predicted octanol–water partition coefficient (Wildman–Crippen LogP) is 2.39. The van der Waals surface area contributed by atoms with E-state index in [0.29, 0.717) is 22.1 Å². The van der Waals surface area contributed by atoms with Gasteiger partial charge in [0.1, 0.15) is 17.9 Å². The molecular formula is C11H10FN3OS. The fraction of sp³-hybridized carbons (Fsp3) is 0.0909. The molecule has 88 valence electrons. The van der Waals surface area contributed by atoms with Crippen LogP contribution in [0.4, 0.5) is 4.39 Å². The van der Waals surface area contributed by atoms with E-state index in [2.05, 4.69) is 4.98 Å². The fourth-order valence-corrected chi connectivity index (χ4v) is 2.03. The van der Waals surface area contributed by atoms with Crippen LogP contribution in [0.3, 0.4) is 0 Å². The van der Waals surface area contributed by atoms with Crippen LogP contribution in [-0.2, 0) is 5.75 Å². The number of nitrogen functional groups attached to an aromatic ring is 1. The van der Waals surface area contributed by atoms with Crippen LogP contribution in [0, 0.1) is 11.2 Å². The van der Waals surface area contributed by atoms with Crippen molar-refractivity contribution >= 4 is 17.6 Å². The van der Waals surface area contributed by atoms with Crippen LogP contribution in [0.15, 0.2) is 40.3 Å². The number of thioether (sulfide) groups is 1. The number of oxazole rings is 1. The summed E-state index contributed by atoms with van der Waals surface area (Å²) in [5.74, 6) is -0.0996. The van der Waals surface area contributed by atoms with Gasteiger partial charge in [0.25, 0.3) is 5.22 Å². The molecule has 0 fully saturated rings. The van der Waals surface area contributed by atoms with Gasteiger partial charge in [-0.1, -0.05) is 23.9 Å². The van der Waals surface area contributed by atoms with Crippen LogP contribution in [0.5, 0.6) is 0 Å². The molecule has 1 aromatic heterocycles. The molecule has 0 radical (unpaired) electrons. The molecule has 6 heteroatoms. The Hall–Kier alpha value is -1.82. The Bertz CT molecular complexity index is 528. The number of halogens is 1. The third kappa shape index (κ3) is 2.85. The van der Waals surface area contributed by atoms with E-state index in [0.717, 1.165) is 0 Å². The Morgan fingerprint density at radius 3 is 2.94 bits per heavy atom. The van der Waals surface area contributed by atoms with Gasteiger partial charge in [0.15, 0.2) is 0 Å². The van der Waals surface area contributed by atoms with Crippen LogP contribution in [-0.4, -0.2) is 10.8 Å². The average Bonchev–Trinajstić information content (AvgIpc) is 2.80. The maximum atomic E-state index is 13.6. The van der Waals surface area contributed by atoms with E-state index in [-0.39, 0.29) is 11.7 Å². The molecule has 0 spiro atoms. The van der Waals surface area contributed by atoms with E-state index in [1.54, 1.807) is 12.1 Å². The number of rotatable bonds is 4. The van der Waals surface area contributed by atoms with Crippen LogP contribution < -0.4 is 5.73 Å². The van der Waals surface area contributed by atoms with E-state index >= 15 is 0 Å². The topological polar surface area (TPSA) is 75.9 Å². The van der Waals surface area contributed by atoms with Crippen molar-refractivity contribution in [1.82, 2.24) is 4.98 Å². The summed E-state index contributed by atoms with van der Waals surface area (Å²) in [4.78, 5) is 3.93. The number of nitrogens with one attached hydrogen (secondary N) is 1. The highest BCUT2D eigenvalue weighted by Crippen LogP contribution is 2.22. The zero-order valence-electron chi connectivity index (χ0n) is 8.81. The molecule has 0 unspecified atom stereocenters. The molecule has 2 rings (SSSR count). The van der Waals surface area contributed by atoms with Gasteiger partial charge in [0, 0.05) is 11.3 Å². The lowest BCUT2D eigenvalue weighted by molar-refractivity contribution is 0.454. The Kier molecular flexibility index (Phi) is 3.43. The third-order valence-electron chi connectivity index (χ3n) is 2.12. The number of nitrogens with two attached hydrogens (primary N) is 1. The standard InChI is InChI=1S/C11H10FN3OS/c12-9-5-7(10(13)14)1-2-8(9)6-17-11-15-3-4-16-11/h1-5H,6H2,(H3,13,14). The second kappa shape index (κ2) is 5.01. The summed E-state index contributed by atoms with van der Waals surface area (Å²) in [5.41, 5.74) is 6.18. The average molecular weight is 251 g/mol. The highest BCUT2D eigenvalue weighted by molar-refractivity contribution is 7.98. The summed E-state index contributed by atoms with van der Waals surface area (Å²) in [5, 5.41) is 7.70. The van der Waals surface area contributed by atoms with Gasteiger partial charge in [0.05, 0.1) is 6.20 Å². The zero-order valence-corrected chi connectivity index (χ0v) is 9.63. The summed E-state index contributed by atoms with van der Waals surface area (Å²) < 4.78 is 18.7. The first-order chi connectivity index (χ1) is 8.16. The molecule has 1 aromatic carbocycles. The monoisotopic (exact) mass is 251 g/mol. The summed E-state index contributed by atoms with van der Waals surface area (Å²) in [6.45, 7) is 0. The second-order valence-electron chi connectivity index (χ2n) is 3.31. The first-order valence-corrected chi connectivity index (χ1v) is 5.80. The Morgan fingerprint density at radius 1 is 1.53 bits per heavy atom. The summed E-state index contributed by atoms with van der Waals surface area (Å²) in [6.07, 6.45) is 3.01. The van der Waals surface area contributed by atoms with Crippen molar-refractivity contribution in [1.29, 1.82) is 5.41 Å². The van der Waals surface area contributed by atoms with Gasteiger partial charge >= 0.3 is 0 Å². The molecule has 4 nitrogen and oxygen atoms in total. The molecule has 0 saturated heterocycles. The van der Waals surface area contributed by atoms with Crippen molar-refractivity contribution in [3.63, 3.8) is 0 Å². The van der Waals surface area contributed by atoms with Gasteiger partial charge in [-0.15, -0.1) is 0 Å². The first kappa shape index (κ1) is 11.7. The van der Waals surface area contributed by atoms with E-state index in [1.807, 2.05) is 0 Å². The van der Waals surface area contributed by atoms with Gasteiger partial charge < -0.3 is 10.2 Å². The maximum absolute atomic E-state index is 13.6. The van der Waals surface area contributed by atoms with Crippen LogP contribution in [0.25, 0.3) is 0 Å². The Morgan fingerprint density at radius 2 is 2.35 bits per heavy atom. The summed E-state index contributed by atoms with van der Waals surface area (Å²) in [7, 11) is 0. The number of hydrogen-bond donors (Lipinski definition) is 2. The van der Waals surface area contributed by atoms with Gasteiger partial charge in [-0.05, 0) is 11.6 Å². The smallest absolute Gasteiger partial charge is 0.255 e. The minimum Gasteiger partial charge on any atom is -0.440 e. The fourth-order valence-electron chi connectivity index (χ4n) is 1.25. The number of aromatic nitrogens is 1. The summed E-state index contributed by atoms with van der Waals surface area (Å²) in [6, 6.07) is 4.49. The van der Waals surface area contributed by atoms with Crippen LogP contribution in [0.2, 0.25) is 0 Å². The van der Waals surface area contributed by atoms with Crippen molar-refractivity contribution in [2.24, 2.45) is 5.73 Å². The predicted molar refractivity (Wildman–Crippen MR) is 63.5 cm³/mol. The lowest BCUT2D eigenvalue weighted by atomic mass is 10.1. The first-order valence-electron chi connectivity index (χ1n) is 4.82. The minimum atomic E-state index is -0.378. The van der Waals surface area contributed by atoms with Crippen molar-refractivity contribution in [2.75, 3.05) is 0 Å². The maximum Gasteiger partial charge on any atom is 0.255 e.